The average molecular weight is 427 g/mol. The number of rotatable bonds is 7. The summed E-state index contributed by atoms with van der Waals surface area (Å²) in [6, 6.07) is 0.283. The van der Waals surface area contributed by atoms with Crippen LogP contribution in [0.1, 0.15) is 84.0 Å². The first-order chi connectivity index (χ1) is 14.7. The predicted octanol–water partition coefficient (Wildman–Crippen LogP) is 3.01. The molecule has 30 heavy (non-hydrogen) atoms. The molecule has 7 nitrogen and oxygen atoms in total. The summed E-state index contributed by atoms with van der Waals surface area (Å²) >= 11 is 0. The van der Waals surface area contributed by atoms with Crippen LogP contribution in [0.2, 0.25) is 0 Å². The lowest BCUT2D eigenvalue weighted by molar-refractivity contribution is -0.150. The zero-order valence-electron chi connectivity index (χ0n) is 19.5. The molecule has 7 heteroatoms. The van der Waals surface area contributed by atoms with Gasteiger partial charge < -0.3 is 14.2 Å². The normalized spacial score (nSPS) is 39.1. The third-order valence-electron chi connectivity index (χ3n) is 7.17. The molecule has 176 valence electrons. The van der Waals surface area contributed by atoms with Crippen molar-refractivity contribution in [3.8, 4) is 0 Å². The van der Waals surface area contributed by atoms with Gasteiger partial charge in [0.05, 0.1) is 24.4 Å². The van der Waals surface area contributed by atoms with E-state index < -0.39 is 0 Å². The number of nitrogens with one attached hydrogen (secondary N) is 4. The SMILES string of the molecule is CCCCCC1NNC2CCCCCCNC(C3CCC(OC)CC3OC)OC2N1. The monoisotopic (exact) mass is 426 g/mol. The van der Waals surface area contributed by atoms with Gasteiger partial charge in [-0.05, 0) is 38.6 Å². The van der Waals surface area contributed by atoms with Crippen molar-refractivity contribution in [3.05, 3.63) is 0 Å². The van der Waals surface area contributed by atoms with E-state index in [1.165, 1.54) is 44.9 Å². The molecule has 0 aromatic heterocycles. The maximum atomic E-state index is 6.82. The van der Waals surface area contributed by atoms with Crippen molar-refractivity contribution in [3.63, 3.8) is 0 Å². The number of fused-ring (bicyclic) bond motifs is 1. The van der Waals surface area contributed by atoms with E-state index in [1.54, 1.807) is 0 Å². The largest absolute Gasteiger partial charge is 0.381 e. The molecule has 3 fully saturated rings. The lowest BCUT2D eigenvalue weighted by Gasteiger charge is -2.44. The Kier molecular flexibility index (Phi) is 10.8. The number of hydrazine groups is 1. The van der Waals surface area contributed by atoms with Crippen LogP contribution in [-0.4, -0.2) is 57.6 Å². The van der Waals surface area contributed by atoms with Crippen molar-refractivity contribution in [1.82, 2.24) is 21.5 Å². The van der Waals surface area contributed by atoms with Crippen molar-refractivity contribution < 1.29 is 14.2 Å². The van der Waals surface area contributed by atoms with Crippen LogP contribution in [0.3, 0.4) is 0 Å². The molecule has 2 heterocycles. The van der Waals surface area contributed by atoms with Gasteiger partial charge in [0.1, 0.15) is 12.5 Å². The molecule has 3 rings (SSSR count). The van der Waals surface area contributed by atoms with E-state index in [2.05, 4.69) is 28.4 Å². The van der Waals surface area contributed by atoms with Gasteiger partial charge in [-0.15, -0.1) is 0 Å². The highest BCUT2D eigenvalue weighted by atomic mass is 16.5. The second kappa shape index (κ2) is 13.3. The third-order valence-corrected chi connectivity index (χ3v) is 7.17. The van der Waals surface area contributed by atoms with E-state index in [9.17, 15) is 0 Å². The van der Waals surface area contributed by atoms with Crippen LogP contribution in [0.25, 0.3) is 0 Å². The molecular weight excluding hydrogens is 380 g/mol. The van der Waals surface area contributed by atoms with Gasteiger partial charge in [0.15, 0.2) is 0 Å². The third kappa shape index (κ3) is 7.12. The standard InChI is InChI=1S/C23H46N4O3/c1-4-5-8-12-21-25-23-19(26-27-21)11-9-6-7-10-15-24-22(30-23)18-14-13-17(28-2)16-20(18)29-3/h17-27H,4-16H2,1-3H3. The Hall–Kier alpha value is -0.280. The molecule has 1 saturated carbocycles. The van der Waals surface area contributed by atoms with Crippen LogP contribution in [0.15, 0.2) is 0 Å². The van der Waals surface area contributed by atoms with E-state index >= 15 is 0 Å². The van der Waals surface area contributed by atoms with E-state index in [0.29, 0.717) is 12.0 Å². The number of methoxy groups -OCH3 is 2. The topological polar surface area (TPSA) is 75.8 Å². The molecule has 2 saturated heterocycles. The molecule has 7 atom stereocenters. The van der Waals surface area contributed by atoms with Gasteiger partial charge in [0.25, 0.3) is 0 Å². The number of hydrogen-bond donors (Lipinski definition) is 4. The van der Waals surface area contributed by atoms with Crippen LogP contribution >= 0.6 is 0 Å². The molecule has 0 amide bonds. The van der Waals surface area contributed by atoms with E-state index in [-0.39, 0.29) is 30.8 Å². The molecule has 4 N–H and O–H groups in total. The summed E-state index contributed by atoms with van der Waals surface area (Å²) in [7, 11) is 3.64. The van der Waals surface area contributed by atoms with Gasteiger partial charge in [-0.3, -0.25) is 10.6 Å². The zero-order valence-corrected chi connectivity index (χ0v) is 19.5. The zero-order chi connectivity index (χ0) is 21.2. The Morgan fingerprint density at radius 2 is 1.77 bits per heavy atom. The smallest absolute Gasteiger partial charge is 0.128 e. The molecule has 0 aromatic rings. The maximum Gasteiger partial charge on any atom is 0.128 e. The van der Waals surface area contributed by atoms with E-state index in [0.717, 1.165) is 38.6 Å². The Morgan fingerprint density at radius 3 is 2.57 bits per heavy atom. The van der Waals surface area contributed by atoms with Gasteiger partial charge >= 0.3 is 0 Å². The molecule has 7 unspecified atom stereocenters. The summed E-state index contributed by atoms with van der Waals surface area (Å²) in [5.41, 5.74) is 7.08. The fourth-order valence-electron chi connectivity index (χ4n) is 5.24. The summed E-state index contributed by atoms with van der Waals surface area (Å²) in [4.78, 5) is 0. The second-order valence-electron chi connectivity index (χ2n) is 9.35. The lowest BCUT2D eigenvalue weighted by Crippen LogP contribution is -2.69. The van der Waals surface area contributed by atoms with Crippen molar-refractivity contribution in [2.24, 2.45) is 5.92 Å². The first kappa shape index (κ1) is 24.4. The predicted molar refractivity (Wildman–Crippen MR) is 120 cm³/mol. The van der Waals surface area contributed by atoms with Crippen LogP contribution in [0, 0.1) is 5.92 Å². The van der Waals surface area contributed by atoms with Gasteiger partial charge in [-0.25, -0.2) is 10.9 Å². The van der Waals surface area contributed by atoms with Crippen LogP contribution in [0.5, 0.6) is 0 Å². The number of hydrogen-bond acceptors (Lipinski definition) is 7. The minimum absolute atomic E-state index is 0.00190. The highest BCUT2D eigenvalue weighted by Gasteiger charge is 2.39. The van der Waals surface area contributed by atoms with Crippen LogP contribution in [0.4, 0.5) is 0 Å². The van der Waals surface area contributed by atoms with Crippen molar-refractivity contribution in [1.29, 1.82) is 0 Å². The van der Waals surface area contributed by atoms with Crippen molar-refractivity contribution in [2.45, 2.75) is 121 Å². The summed E-state index contributed by atoms with van der Waals surface area (Å²) in [5, 5.41) is 7.52. The molecule has 0 bridgehead atoms. The minimum atomic E-state index is 0.00190. The van der Waals surface area contributed by atoms with Gasteiger partial charge in [0.2, 0.25) is 0 Å². The highest BCUT2D eigenvalue weighted by molar-refractivity contribution is 4.89. The number of ether oxygens (including phenoxy) is 3. The first-order valence-electron chi connectivity index (χ1n) is 12.5. The molecule has 3 aliphatic rings. The Balaban J connectivity index is 1.68. The van der Waals surface area contributed by atoms with Crippen LogP contribution < -0.4 is 21.5 Å². The molecule has 2 aliphatic heterocycles. The Bertz CT molecular complexity index is 470. The quantitative estimate of drug-likeness (QED) is 0.466. The van der Waals surface area contributed by atoms with Gasteiger partial charge in [-0.2, -0.15) is 0 Å². The summed E-state index contributed by atoms with van der Waals surface area (Å²) < 4.78 is 18.4. The first-order valence-corrected chi connectivity index (χ1v) is 12.5. The minimum Gasteiger partial charge on any atom is -0.381 e. The Labute approximate surface area is 183 Å². The lowest BCUT2D eigenvalue weighted by atomic mass is 9.83. The summed E-state index contributed by atoms with van der Waals surface area (Å²) in [6.45, 7) is 3.26. The average Bonchev–Trinajstić information content (AvgIpc) is 2.82. The summed E-state index contributed by atoms with van der Waals surface area (Å²) in [5.74, 6) is 0.345. The molecule has 0 radical (unpaired) electrons. The van der Waals surface area contributed by atoms with Crippen molar-refractivity contribution in [2.75, 3.05) is 20.8 Å². The molecular formula is C23H46N4O3. The highest BCUT2D eigenvalue weighted by Crippen LogP contribution is 2.32. The second-order valence-corrected chi connectivity index (χ2v) is 9.35. The molecule has 1 aliphatic carbocycles. The Morgan fingerprint density at radius 1 is 0.900 bits per heavy atom. The summed E-state index contributed by atoms with van der Waals surface area (Å²) in [6.07, 6.45) is 14.8. The van der Waals surface area contributed by atoms with Gasteiger partial charge in [-0.1, -0.05) is 45.4 Å². The van der Waals surface area contributed by atoms with Crippen LogP contribution in [-0.2, 0) is 14.2 Å². The maximum absolute atomic E-state index is 6.82. The fourth-order valence-corrected chi connectivity index (χ4v) is 5.24. The van der Waals surface area contributed by atoms with Crippen molar-refractivity contribution >= 4 is 0 Å². The van der Waals surface area contributed by atoms with Gasteiger partial charge in [0, 0.05) is 26.6 Å². The molecule has 0 aromatic carbocycles. The fraction of sp³-hybridized carbons (Fsp3) is 1.00. The number of unbranched alkanes of at least 4 members (excludes halogenated alkanes) is 2. The molecule has 0 spiro atoms. The van der Waals surface area contributed by atoms with E-state index in [4.69, 9.17) is 14.2 Å². The van der Waals surface area contributed by atoms with E-state index in [1.807, 2.05) is 14.2 Å².